The van der Waals surface area contributed by atoms with E-state index in [0.717, 1.165) is 16.3 Å². The Morgan fingerprint density at radius 2 is 1.86 bits per heavy atom. The second-order valence-corrected chi connectivity index (χ2v) is 6.57. The second kappa shape index (κ2) is 7.47. The van der Waals surface area contributed by atoms with Gasteiger partial charge in [0.15, 0.2) is 0 Å². The van der Waals surface area contributed by atoms with E-state index in [1.807, 2.05) is 45.0 Å². The summed E-state index contributed by atoms with van der Waals surface area (Å²) in [6.07, 6.45) is 0. The molecule has 7 heteroatoms. The summed E-state index contributed by atoms with van der Waals surface area (Å²) in [6.45, 7) is 5.56. The maximum absolute atomic E-state index is 12.1. The van der Waals surface area contributed by atoms with Gasteiger partial charge >= 0.3 is 0 Å². The van der Waals surface area contributed by atoms with Gasteiger partial charge < -0.3 is 0 Å². The first-order chi connectivity index (χ1) is 10.5. The van der Waals surface area contributed by atoms with Crippen molar-refractivity contribution in [3.05, 3.63) is 46.7 Å². The van der Waals surface area contributed by atoms with E-state index in [1.54, 1.807) is 6.07 Å². The van der Waals surface area contributed by atoms with Crippen LogP contribution in [0.5, 0.6) is 0 Å². The highest BCUT2D eigenvalue weighted by Crippen LogP contribution is 2.29. The lowest BCUT2D eigenvalue weighted by molar-refractivity contribution is -0.119. The third-order valence-electron chi connectivity index (χ3n) is 2.79. The Morgan fingerprint density at radius 3 is 2.50 bits per heavy atom. The summed E-state index contributed by atoms with van der Waals surface area (Å²) in [6, 6.07) is 9.30. The molecular formula is C15H17ClN4OS. The maximum atomic E-state index is 12.1. The van der Waals surface area contributed by atoms with Crippen LogP contribution in [0.25, 0.3) is 0 Å². The number of amides is 1. The summed E-state index contributed by atoms with van der Waals surface area (Å²) < 4.78 is 0. The van der Waals surface area contributed by atoms with Gasteiger partial charge in [-0.3, -0.25) is 15.6 Å². The fourth-order valence-corrected chi connectivity index (χ4v) is 2.94. The molecular weight excluding hydrogens is 320 g/mol. The van der Waals surface area contributed by atoms with Gasteiger partial charge in [-0.25, -0.2) is 9.97 Å². The van der Waals surface area contributed by atoms with Gasteiger partial charge in [0.05, 0.1) is 10.3 Å². The summed E-state index contributed by atoms with van der Waals surface area (Å²) >= 11 is 7.49. The van der Waals surface area contributed by atoms with Gasteiger partial charge in [-0.05, 0) is 39.0 Å². The molecule has 1 atom stereocenters. The number of aromatic nitrogens is 2. The number of hydrogen-bond donors (Lipinski definition) is 2. The fraction of sp³-hybridized carbons (Fsp3) is 0.267. The van der Waals surface area contributed by atoms with Crippen LogP contribution in [0.3, 0.4) is 0 Å². The van der Waals surface area contributed by atoms with Crippen LogP contribution in [0, 0.1) is 13.8 Å². The lowest BCUT2D eigenvalue weighted by Gasteiger charge is -2.13. The largest absolute Gasteiger partial charge is 0.272 e. The molecule has 1 aromatic carbocycles. The normalized spacial score (nSPS) is 11.8. The monoisotopic (exact) mass is 336 g/mol. The average molecular weight is 337 g/mol. The Kier molecular flexibility index (Phi) is 5.63. The molecule has 0 fully saturated rings. The van der Waals surface area contributed by atoms with Gasteiger partial charge in [-0.15, -0.1) is 11.8 Å². The zero-order valence-corrected chi connectivity index (χ0v) is 14.1. The molecule has 116 valence electrons. The number of carbonyl (C=O) groups excluding carboxylic acids is 1. The van der Waals surface area contributed by atoms with Crippen LogP contribution in [0.4, 0.5) is 5.95 Å². The third-order valence-corrected chi connectivity index (χ3v) is 4.41. The van der Waals surface area contributed by atoms with Crippen molar-refractivity contribution in [2.75, 3.05) is 5.43 Å². The minimum Gasteiger partial charge on any atom is -0.272 e. The first-order valence-electron chi connectivity index (χ1n) is 6.75. The number of aryl methyl sites for hydroxylation is 2. The molecule has 5 nitrogen and oxygen atoms in total. The molecule has 0 saturated carbocycles. The number of nitrogens with one attached hydrogen (secondary N) is 2. The van der Waals surface area contributed by atoms with Crippen molar-refractivity contribution in [2.45, 2.75) is 30.9 Å². The van der Waals surface area contributed by atoms with Gasteiger partial charge in [0.1, 0.15) is 0 Å². The molecule has 1 amide bonds. The second-order valence-electron chi connectivity index (χ2n) is 4.78. The quantitative estimate of drug-likeness (QED) is 0.647. The van der Waals surface area contributed by atoms with E-state index < -0.39 is 0 Å². The molecule has 22 heavy (non-hydrogen) atoms. The Labute approximate surface area is 138 Å². The standard InChI is InChI=1S/C15H17ClN4OS/c1-9-8-10(2)18-15(17-9)20-19-14(21)11(3)22-13-7-5-4-6-12(13)16/h4-8,11H,1-3H3,(H,19,21)(H,17,18,20)/t11-/m0/s1. The van der Waals surface area contributed by atoms with Crippen LogP contribution in [0.2, 0.25) is 5.02 Å². The molecule has 2 rings (SSSR count). The first kappa shape index (κ1) is 16.6. The summed E-state index contributed by atoms with van der Waals surface area (Å²) in [5.41, 5.74) is 7.03. The highest BCUT2D eigenvalue weighted by atomic mass is 35.5. The van der Waals surface area contributed by atoms with Crippen molar-refractivity contribution < 1.29 is 4.79 Å². The number of benzene rings is 1. The molecule has 0 saturated heterocycles. The summed E-state index contributed by atoms with van der Waals surface area (Å²) in [4.78, 5) is 21.4. The van der Waals surface area contributed by atoms with Gasteiger partial charge in [0.25, 0.3) is 5.91 Å². The molecule has 2 aromatic rings. The Bertz CT molecular complexity index is 660. The minimum atomic E-state index is -0.307. The van der Waals surface area contributed by atoms with Gasteiger partial charge in [-0.2, -0.15) is 0 Å². The van der Waals surface area contributed by atoms with Crippen LogP contribution in [-0.4, -0.2) is 21.1 Å². The Hall–Kier alpha value is -1.79. The van der Waals surface area contributed by atoms with Crippen molar-refractivity contribution >= 4 is 35.2 Å². The number of hydrogen-bond acceptors (Lipinski definition) is 5. The van der Waals surface area contributed by atoms with Gasteiger partial charge in [0.2, 0.25) is 5.95 Å². The number of carbonyl (C=O) groups is 1. The summed E-state index contributed by atoms with van der Waals surface area (Å²) in [5, 5.41) is 0.330. The van der Waals surface area contributed by atoms with Crippen LogP contribution in [-0.2, 0) is 4.79 Å². The van der Waals surface area contributed by atoms with E-state index in [-0.39, 0.29) is 11.2 Å². The number of halogens is 1. The van der Waals surface area contributed by atoms with Crippen LogP contribution in [0.1, 0.15) is 18.3 Å². The minimum absolute atomic E-state index is 0.173. The van der Waals surface area contributed by atoms with Crippen LogP contribution in [0.15, 0.2) is 35.2 Å². The van der Waals surface area contributed by atoms with Crippen molar-refractivity contribution in [2.24, 2.45) is 0 Å². The van der Waals surface area contributed by atoms with Crippen LogP contribution >= 0.6 is 23.4 Å². The number of thioether (sulfide) groups is 1. The molecule has 0 unspecified atom stereocenters. The predicted molar refractivity (Wildman–Crippen MR) is 90.0 cm³/mol. The van der Waals surface area contributed by atoms with E-state index >= 15 is 0 Å². The van der Waals surface area contributed by atoms with E-state index in [4.69, 9.17) is 11.6 Å². The Balaban J connectivity index is 1.93. The molecule has 0 radical (unpaired) electrons. The summed E-state index contributed by atoms with van der Waals surface area (Å²) in [7, 11) is 0. The number of anilines is 1. The lowest BCUT2D eigenvalue weighted by atomic mass is 10.4. The van der Waals surface area contributed by atoms with E-state index in [9.17, 15) is 4.79 Å². The molecule has 1 heterocycles. The molecule has 0 aliphatic heterocycles. The smallest absolute Gasteiger partial charge is 0.251 e. The van der Waals surface area contributed by atoms with Crippen molar-refractivity contribution in [3.8, 4) is 0 Å². The average Bonchev–Trinajstić information content (AvgIpc) is 2.46. The van der Waals surface area contributed by atoms with E-state index in [2.05, 4.69) is 20.8 Å². The number of nitrogens with zero attached hydrogens (tertiary/aromatic N) is 2. The van der Waals surface area contributed by atoms with Crippen molar-refractivity contribution in [1.29, 1.82) is 0 Å². The highest BCUT2D eigenvalue weighted by molar-refractivity contribution is 8.00. The lowest BCUT2D eigenvalue weighted by Crippen LogP contribution is -2.36. The third kappa shape index (κ3) is 4.61. The molecule has 0 spiro atoms. The number of rotatable bonds is 5. The van der Waals surface area contributed by atoms with Crippen molar-refractivity contribution in [1.82, 2.24) is 15.4 Å². The first-order valence-corrected chi connectivity index (χ1v) is 8.01. The molecule has 0 aliphatic rings. The summed E-state index contributed by atoms with van der Waals surface area (Å²) in [5.74, 6) is 0.202. The van der Waals surface area contributed by atoms with Gasteiger partial charge in [-0.1, -0.05) is 23.7 Å². The molecule has 0 bridgehead atoms. The highest BCUT2D eigenvalue weighted by Gasteiger charge is 2.15. The topological polar surface area (TPSA) is 66.9 Å². The number of hydrazine groups is 1. The van der Waals surface area contributed by atoms with Crippen LogP contribution < -0.4 is 10.9 Å². The van der Waals surface area contributed by atoms with E-state index in [0.29, 0.717) is 11.0 Å². The van der Waals surface area contributed by atoms with Crippen molar-refractivity contribution in [3.63, 3.8) is 0 Å². The van der Waals surface area contributed by atoms with E-state index in [1.165, 1.54) is 11.8 Å². The predicted octanol–water partition coefficient (Wildman–Crippen LogP) is 3.37. The molecule has 1 aromatic heterocycles. The fourth-order valence-electron chi connectivity index (χ4n) is 1.79. The zero-order chi connectivity index (χ0) is 16.1. The van der Waals surface area contributed by atoms with Gasteiger partial charge in [0, 0.05) is 16.3 Å². The SMILES string of the molecule is Cc1cc(C)nc(NNC(=O)[C@H](C)Sc2ccccc2Cl)n1. The Morgan fingerprint density at radius 1 is 1.23 bits per heavy atom. The molecule has 0 aliphatic carbocycles. The maximum Gasteiger partial charge on any atom is 0.251 e. The zero-order valence-electron chi connectivity index (χ0n) is 12.6. The molecule has 2 N–H and O–H groups in total.